The van der Waals surface area contributed by atoms with Crippen molar-refractivity contribution in [3.63, 3.8) is 0 Å². The number of nitrogens with one attached hydrogen (secondary N) is 1. The molecule has 2 heterocycles. The normalized spacial score (nSPS) is 18.6. The summed E-state index contributed by atoms with van der Waals surface area (Å²) in [4.78, 5) is 25.2. The lowest BCUT2D eigenvalue weighted by molar-refractivity contribution is -0.128. The van der Waals surface area contributed by atoms with Gasteiger partial charge in [0.1, 0.15) is 6.33 Å². The van der Waals surface area contributed by atoms with Gasteiger partial charge < -0.3 is 14.8 Å². The zero-order chi connectivity index (χ0) is 14.5. The van der Waals surface area contributed by atoms with Gasteiger partial charge in [-0.3, -0.25) is 9.59 Å². The number of carbonyl (C=O) groups is 2. The zero-order valence-corrected chi connectivity index (χ0v) is 12.5. The highest BCUT2D eigenvalue weighted by molar-refractivity contribution is 7.99. The highest BCUT2D eigenvalue weighted by Gasteiger charge is 2.32. The Hall–Kier alpha value is -1.57. The van der Waals surface area contributed by atoms with Gasteiger partial charge in [-0.15, -0.1) is 10.2 Å². The van der Waals surface area contributed by atoms with Crippen LogP contribution in [0.15, 0.2) is 11.5 Å². The molecule has 1 aromatic heterocycles. The van der Waals surface area contributed by atoms with Gasteiger partial charge in [-0.25, -0.2) is 0 Å². The number of aromatic nitrogens is 3. The van der Waals surface area contributed by atoms with Gasteiger partial charge in [0, 0.05) is 38.9 Å². The predicted molar refractivity (Wildman–Crippen MR) is 75.1 cm³/mol. The molecule has 0 spiro atoms. The first-order valence-electron chi connectivity index (χ1n) is 6.64. The van der Waals surface area contributed by atoms with Gasteiger partial charge in [0.25, 0.3) is 0 Å². The molecule has 0 aromatic carbocycles. The minimum atomic E-state index is -0.206. The number of rotatable bonds is 6. The summed E-state index contributed by atoms with van der Waals surface area (Å²) in [5.74, 6) is 0.562. The average molecular weight is 297 g/mol. The van der Waals surface area contributed by atoms with Crippen molar-refractivity contribution in [3.8, 4) is 0 Å². The molecule has 0 radical (unpaired) electrons. The highest BCUT2D eigenvalue weighted by atomic mass is 32.2. The molecule has 0 aliphatic carbocycles. The van der Waals surface area contributed by atoms with Crippen LogP contribution in [0.5, 0.6) is 0 Å². The fourth-order valence-electron chi connectivity index (χ4n) is 2.12. The third kappa shape index (κ3) is 3.50. The maximum Gasteiger partial charge on any atom is 0.225 e. The second kappa shape index (κ2) is 6.74. The van der Waals surface area contributed by atoms with E-state index in [1.165, 1.54) is 0 Å². The molecular weight excluding hydrogens is 278 g/mol. The van der Waals surface area contributed by atoms with Crippen molar-refractivity contribution in [2.24, 2.45) is 13.0 Å². The van der Waals surface area contributed by atoms with Crippen LogP contribution >= 0.6 is 11.8 Å². The first-order valence-corrected chi connectivity index (χ1v) is 7.62. The Balaban J connectivity index is 1.68. The van der Waals surface area contributed by atoms with Crippen LogP contribution in [-0.4, -0.2) is 56.9 Å². The number of nitrogens with zero attached hydrogens (tertiary/aromatic N) is 4. The molecule has 0 saturated carbocycles. The molecule has 0 bridgehead atoms. The Labute approximate surface area is 122 Å². The number of thioether (sulfide) groups is 1. The first-order chi connectivity index (χ1) is 9.61. The van der Waals surface area contributed by atoms with E-state index in [0.717, 1.165) is 10.9 Å². The van der Waals surface area contributed by atoms with Crippen LogP contribution in [-0.2, 0) is 16.6 Å². The van der Waals surface area contributed by atoms with Crippen molar-refractivity contribution in [1.29, 1.82) is 0 Å². The summed E-state index contributed by atoms with van der Waals surface area (Å²) in [5, 5.41) is 11.4. The highest BCUT2D eigenvalue weighted by Crippen LogP contribution is 2.17. The summed E-state index contributed by atoms with van der Waals surface area (Å²) in [6.07, 6.45) is 1.97. The van der Waals surface area contributed by atoms with Crippen LogP contribution in [0.4, 0.5) is 0 Å². The fourth-order valence-corrected chi connectivity index (χ4v) is 2.86. The van der Waals surface area contributed by atoms with Gasteiger partial charge in [-0.2, -0.15) is 0 Å². The maximum atomic E-state index is 11.9. The van der Waals surface area contributed by atoms with Gasteiger partial charge in [0.05, 0.1) is 5.92 Å². The second-order valence-electron chi connectivity index (χ2n) is 4.70. The third-order valence-electron chi connectivity index (χ3n) is 3.27. The average Bonchev–Trinajstić information content (AvgIpc) is 3.00. The van der Waals surface area contributed by atoms with E-state index in [-0.39, 0.29) is 17.7 Å². The van der Waals surface area contributed by atoms with Crippen molar-refractivity contribution in [3.05, 3.63) is 6.33 Å². The van der Waals surface area contributed by atoms with Gasteiger partial charge in [0.15, 0.2) is 5.16 Å². The minimum Gasteiger partial charge on any atom is -0.355 e. The molecule has 1 N–H and O–H groups in total. The Kier molecular flexibility index (Phi) is 4.99. The fraction of sp³-hybridized carbons (Fsp3) is 0.667. The lowest BCUT2D eigenvalue weighted by Crippen LogP contribution is -2.34. The molecule has 8 heteroatoms. The summed E-state index contributed by atoms with van der Waals surface area (Å²) in [7, 11) is 1.88. The maximum absolute atomic E-state index is 11.9. The quantitative estimate of drug-likeness (QED) is 0.585. The van der Waals surface area contributed by atoms with Gasteiger partial charge >= 0.3 is 0 Å². The summed E-state index contributed by atoms with van der Waals surface area (Å²) in [6, 6.07) is 0. The number of amides is 2. The summed E-state index contributed by atoms with van der Waals surface area (Å²) < 4.78 is 1.83. The standard InChI is InChI=1S/C12H19N5O2S/c1-3-17-7-9(6-10(17)18)11(19)13-4-5-20-12-15-14-8-16(12)2/h8-9H,3-7H2,1-2H3,(H,13,19)/t9-/m0/s1. The molecule has 1 aliphatic rings. The number of hydrogen-bond acceptors (Lipinski definition) is 5. The lowest BCUT2D eigenvalue weighted by atomic mass is 10.1. The molecule has 1 fully saturated rings. The van der Waals surface area contributed by atoms with Crippen LogP contribution in [0.2, 0.25) is 0 Å². The van der Waals surface area contributed by atoms with Crippen LogP contribution in [0, 0.1) is 5.92 Å². The lowest BCUT2D eigenvalue weighted by Gasteiger charge is -2.13. The largest absolute Gasteiger partial charge is 0.355 e. The molecule has 1 aliphatic heterocycles. The second-order valence-corrected chi connectivity index (χ2v) is 5.76. The van der Waals surface area contributed by atoms with Crippen LogP contribution in [0.1, 0.15) is 13.3 Å². The smallest absolute Gasteiger partial charge is 0.225 e. The molecule has 1 aromatic rings. The van der Waals surface area contributed by atoms with E-state index < -0.39 is 0 Å². The van der Waals surface area contributed by atoms with Gasteiger partial charge in [-0.05, 0) is 6.92 Å². The molecule has 7 nitrogen and oxygen atoms in total. The monoisotopic (exact) mass is 297 g/mol. The number of hydrogen-bond donors (Lipinski definition) is 1. The Morgan fingerprint density at radius 2 is 2.40 bits per heavy atom. The van der Waals surface area contributed by atoms with E-state index in [0.29, 0.717) is 26.1 Å². The molecule has 0 unspecified atom stereocenters. The van der Waals surface area contributed by atoms with Gasteiger partial charge in [-0.1, -0.05) is 11.8 Å². The molecule has 1 saturated heterocycles. The molecule has 20 heavy (non-hydrogen) atoms. The Morgan fingerprint density at radius 1 is 1.60 bits per heavy atom. The van der Waals surface area contributed by atoms with Crippen molar-refractivity contribution in [2.45, 2.75) is 18.5 Å². The van der Waals surface area contributed by atoms with Crippen LogP contribution < -0.4 is 5.32 Å². The topological polar surface area (TPSA) is 80.1 Å². The third-order valence-corrected chi connectivity index (χ3v) is 4.31. The first kappa shape index (κ1) is 14.8. The van der Waals surface area contributed by atoms with Crippen molar-refractivity contribution >= 4 is 23.6 Å². The van der Waals surface area contributed by atoms with Crippen molar-refractivity contribution < 1.29 is 9.59 Å². The SMILES string of the molecule is CCN1C[C@@H](C(=O)NCCSc2nncn2C)CC1=O. The number of aryl methyl sites for hydroxylation is 1. The van der Waals surface area contributed by atoms with E-state index in [1.54, 1.807) is 23.0 Å². The van der Waals surface area contributed by atoms with Crippen LogP contribution in [0.3, 0.4) is 0 Å². The summed E-state index contributed by atoms with van der Waals surface area (Å²) in [5.41, 5.74) is 0. The van der Waals surface area contributed by atoms with Gasteiger partial charge in [0.2, 0.25) is 11.8 Å². The van der Waals surface area contributed by atoms with E-state index in [2.05, 4.69) is 15.5 Å². The molecule has 2 amide bonds. The molecule has 1 atom stereocenters. The van der Waals surface area contributed by atoms with Crippen molar-refractivity contribution in [1.82, 2.24) is 25.0 Å². The van der Waals surface area contributed by atoms with E-state index >= 15 is 0 Å². The Morgan fingerprint density at radius 3 is 3.00 bits per heavy atom. The summed E-state index contributed by atoms with van der Waals surface area (Å²) >= 11 is 1.54. The molecule has 110 valence electrons. The van der Waals surface area contributed by atoms with E-state index in [1.807, 2.05) is 18.5 Å². The molecule has 2 rings (SSSR count). The predicted octanol–water partition coefficient (Wildman–Crippen LogP) is -0.108. The van der Waals surface area contributed by atoms with Crippen molar-refractivity contribution in [2.75, 3.05) is 25.4 Å². The zero-order valence-electron chi connectivity index (χ0n) is 11.7. The van der Waals surface area contributed by atoms with Crippen LogP contribution in [0.25, 0.3) is 0 Å². The van der Waals surface area contributed by atoms with E-state index in [9.17, 15) is 9.59 Å². The van der Waals surface area contributed by atoms with E-state index in [4.69, 9.17) is 0 Å². The molecular formula is C12H19N5O2S. The number of carbonyl (C=O) groups excluding carboxylic acids is 2. The Bertz CT molecular complexity index is 490. The minimum absolute atomic E-state index is 0.0344. The summed E-state index contributed by atoms with van der Waals surface area (Å²) in [6.45, 7) is 3.70. The number of likely N-dealkylation sites (tertiary alicyclic amines) is 1.